The third-order valence-electron chi connectivity index (χ3n) is 3.23. The highest BCUT2D eigenvalue weighted by Gasteiger charge is 2.19. The van der Waals surface area contributed by atoms with Gasteiger partial charge in [0.15, 0.2) is 5.82 Å². The third-order valence-corrected chi connectivity index (χ3v) is 4.15. The number of nitrogens with zero attached hydrogens (tertiary/aromatic N) is 4. The molecule has 3 aromatic rings. The number of anilines is 1. The van der Waals surface area contributed by atoms with Crippen LogP contribution in [0.3, 0.4) is 0 Å². The second-order valence-electron chi connectivity index (χ2n) is 6.10. The molecular weight excluding hydrogens is 282 g/mol. The maximum atomic E-state index is 4.63. The molecule has 1 N–H and O–H groups in total. The molecule has 0 bridgehead atoms. The molecule has 0 aliphatic rings. The summed E-state index contributed by atoms with van der Waals surface area (Å²) in [5.41, 5.74) is 2.08. The van der Waals surface area contributed by atoms with E-state index in [9.17, 15) is 0 Å². The van der Waals surface area contributed by atoms with Crippen molar-refractivity contribution < 1.29 is 0 Å². The van der Waals surface area contributed by atoms with Crippen molar-refractivity contribution in [2.75, 3.05) is 5.32 Å². The number of fused-ring (bicyclic) bond motifs is 1. The van der Waals surface area contributed by atoms with Gasteiger partial charge in [-0.3, -0.25) is 0 Å². The fourth-order valence-corrected chi connectivity index (χ4v) is 2.79. The average Bonchev–Trinajstić information content (AvgIpc) is 3.01. The molecule has 0 fully saturated rings. The van der Waals surface area contributed by atoms with E-state index in [1.165, 1.54) is 4.88 Å². The first kappa shape index (κ1) is 14.0. The molecule has 0 aromatic carbocycles. The number of aromatic nitrogens is 4. The number of thiazole rings is 1. The summed E-state index contributed by atoms with van der Waals surface area (Å²) in [7, 11) is 0. The van der Waals surface area contributed by atoms with Crippen molar-refractivity contribution in [3.63, 3.8) is 0 Å². The quantitative estimate of drug-likeness (QED) is 0.805. The van der Waals surface area contributed by atoms with Crippen LogP contribution in [0.5, 0.6) is 0 Å². The van der Waals surface area contributed by atoms with Crippen molar-refractivity contribution >= 4 is 22.7 Å². The maximum Gasteiger partial charge on any atom is 0.152 e. The van der Waals surface area contributed by atoms with E-state index in [4.69, 9.17) is 0 Å². The van der Waals surface area contributed by atoms with Gasteiger partial charge in [-0.15, -0.1) is 11.3 Å². The van der Waals surface area contributed by atoms with Crippen molar-refractivity contribution in [3.8, 4) is 0 Å². The highest BCUT2D eigenvalue weighted by atomic mass is 32.1. The Morgan fingerprint density at radius 3 is 2.76 bits per heavy atom. The van der Waals surface area contributed by atoms with Gasteiger partial charge >= 0.3 is 0 Å². The molecule has 0 aliphatic heterocycles. The predicted molar refractivity (Wildman–Crippen MR) is 85.9 cm³/mol. The van der Waals surface area contributed by atoms with E-state index in [2.05, 4.69) is 54.1 Å². The molecule has 3 aromatic heterocycles. The summed E-state index contributed by atoms with van der Waals surface area (Å²) in [4.78, 5) is 10.0. The van der Waals surface area contributed by atoms with Gasteiger partial charge < -0.3 is 5.32 Å². The Labute approximate surface area is 128 Å². The summed E-state index contributed by atoms with van der Waals surface area (Å²) in [6.07, 6.45) is 5.54. The molecule has 0 spiro atoms. The van der Waals surface area contributed by atoms with Gasteiger partial charge in [0.2, 0.25) is 0 Å². The number of nitrogens with one attached hydrogen (secondary N) is 1. The molecule has 3 heterocycles. The number of hydrogen-bond donors (Lipinski definition) is 1. The minimum Gasteiger partial charge on any atom is -0.362 e. The van der Waals surface area contributed by atoms with E-state index in [1.807, 2.05) is 16.9 Å². The summed E-state index contributed by atoms with van der Waals surface area (Å²) >= 11 is 1.70. The largest absolute Gasteiger partial charge is 0.362 e. The van der Waals surface area contributed by atoms with Crippen LogP contribution in [0.2, 0.25) is 0 Å². The standard InChI is InChI=1S/C15H19N5S/c1-10-8-17-13(21-10)9-18-14-11-7-12(15(2,3)4)19-20(11)6-5-16-14/h5-8H,9H2,1-4H3,(H,16,18). The zero-order chi connectivity index (χ0) is 15.0. The number of rotatable bonds is 3. The van der Waals surface area contributed by atoms with Crippen LogP contribution in [0, 0.1) is 6.92 Å². The van der Waals surface area contributed by atoms with Crippen LogP contribution in [0.1, 0.15) is 36.3 Å². The smallest absolute Gasteiger partial charge is 0.152 e. The lowest BCUT2D eigenvalue weighted by Gasteiger charge is -2.13. The lowest BCUT2D eigenvalue weighted by molar-refractivity contribution is 0.562. The molecule has 5 nitrogen and oxygen atoms in total. The van der Waals surface area contributed by atoms with Gasteiger partial charge in [-0.25, -0.2) is 14.5 Å². The van der Waals surface area contributed by atoms with Gasteiger partial charge in [0.25, 0.3) is 0 Å². The lowest BCUT2D eigenvalue weighted by Crippen LogP contribution is -2.11. The molecular formula is C15H19N5S. The van der Waals surface area contributed by atoms with Crippen molar-refractivity contribution in [1.82, 2.24) is 19.6 Å². The minimum absolute atomic E-state index is 0.0235. The summed E-state index contributed by atoms with van der Waals surface area (Å²) in [5, 5.41) is 9.05. The Bertz CT molecular complexity index is 766. The minimum atomic E-state index is 0.0235. The van der Waals surface area contributed by atoms with Gasteiger partial charge in [-0.1, -0.05) is 20.8 Å². The molecule has 0 atom stereocenters. The molecule has 6 heteroatoms. The average molecular weight is 301 g/mol. The molecule has 0 aliphatic carbocycles. The van der Waals surface area contributed by atoms with Gasteiger partial charge in [0, 0.05) is 28.9 Å². The van der Waals surface area contributed by atoms with Crippen molar-refractivity contribution in [3.05, 3.63) is 40.2 Å². The number of hydrogen-bond acceptors (Lipinski definition) is 5. The van der Waals surface area contributed by atoms with E-state index in [1.54, 1.807) is 17.5 Å². The normalized spacial score (nSPS) is 12.0. The first-order valence-corrected chi connectivity index (χ1v) is 7.75. The van der Waals surface area contributed by atoms with Gasteiger partial charge in [0.1, 0.15) is 10.5 Å². The summed E-state index contributed by atoms with van der Waals surface area (Å²) < 4.78 is 1.88. The van der Waals surface area contributed by atoms with Crippen LogP contribution in [0.4, 0.5) is 5.82 Å². The van der Waals surface area contributed by atoms with Crippen LogP contribution in [0.15, 0.2) is 24.7 Å². The summed E-state index contributed by atoms with van der Waals surface area (Å²) in [5.74, 6) is 0.841. The Morgan fingerprint density at radius 2 is 2.10 bits per heavy atom. The van der Waals surface area contributed by atoms with Gasteiger partial charge in [0.05, 0.1) is 12.2 Å². The second kappa shape index (κ2) is 5.11. The Kier molecular flexibility index (Phi) is 3.41. The number of aryl methyl sites for hydroxylation is 1. The van der Waals surface area contributed by atoms with Crippen LogP contribution in [-0.2, 0) is 12.0 Å². The molecule has 3 rings (SSSR count). The lowest BCUT2D eigenvalue weighted by atomic mass is 9.92. The van der Waals surface area contributed by atoms with E-state index >= 15 is 0 Å². The molecule has 0 radical (unpaired) electrons. The monoisotopic (exact) mass is 301 g/mol. The molecule has 0 saturated carbocycles. The maximum absolute atomic E-state index is 4.63. The van der Waals surface area contributed by atoms with Crippen LogP contribution >= 0.6 is 11.3 Å². The Balaban J connectivity index is 1.89. The fraction of sp³-hybridized carbons (Fsp3) is 0.400. The molecule has 0 saturated heterocycles. The SMILES string of the molecule is Cc1cnc(CNc2nccn3nc(C(C)(C)C)cc23)s1. The topological polar surface area (TPSA) is 55.1 Å². The van der Waals surface area contributed by atoms with E-state index < -0.39 is 0 Å². The molecule has 0 amide bonds. The van der Waals surface area contributed by atoms with Crippen LogP contribution in [0.25, 0.3) is 5.52 Å². The Hall–Kier alpha value is -1.95. The van der Waals surface area contributed by atoms with Crippen molar-refractivity contribution in [1.29, 1.82) is 0 Å². The van der Waals surface area contributed by atoms with E-state index in [0.717, 1.165) is 22.0 Å². The molecule has 0 unspecified atom stereocenters. The van der Waals surface area contributed by atoms with Crippen molar-refractivity contribution in [2.45, 2.75) is 39.7 Å². The zero-order valence-corrected chi connectivity index (χ0v) is 13.5. The van der Waals surface area contributed by atoms with Gasteiger partial charge in [-0.2, -0.15) is 5.10 Å². The highest BCUT2D eigenvalue weighted by molar-refractivity contribution is 7.11. The van der Waals surface area contributed by atoms with Gasteiger partial charge in [-0.05, 0) is 13.0 Å². The zero-order valence-electron chi connectivity index (χ0n) is 12.7. The second-order valence-corrected chi connectivity index (χ2v) is 7.42. The first-order chi connectivity index (χ1) is 9.93. The molecule has 110 valence electrons. The Morgan fingerprint density at radius 1 is 1.29 bits per heavy atom. The highest BCUT2D eigenvalue weighted by Crippen LogP contribution is 2.25. The van der Waals surface area contributed by atoms with Crippen LogP contribution in [-0.4, -0.2) is 19.6 Å². The van der Waals surface area contributed by atoms with E-state index in [0.29, 0.717) is 6.54 Å². The molecule has 21 heavy (non-hydrogen) atoms. The first-order valence-electron chi connectivity index (χ1n) is 6.93. The summed E-state index contributed by atoms with van der Waals surface area (Å²) in [6, 6.07) is 2.10. The third kappa shape index (κ3) is 2.90. The van der Waals surface area contributed by atoms with Crippen LogP contribution < -0.4 is 5.32 Å². The fourth-order valence-electron chi connectivity index (χ4n) is 2.07. The predicted octanol–water partition coefficient (Wildman–Crippen LogP) is 3.40. The summed E-state index contributed by atoms with van der Waals surface area (Å²) in [6.45, 7) is 9.23. The van der Waals surface area contributed by atoms with E-state index in [-0.39, 0.29) is 5.41 Å². The van der Waals surface area contributed by atoms with Crippen molar-refractivity contribution in [2.24, 2.45) is 0 Å².